The first-order valence-corrected chi connectivity index (χ1v) is 7.97. The number of ether oxygens (including phenoxy) is 1. The van der Waals surface area contributed by atoms with Crippen molar-refractivity contribution < 1.29 is 19.1 Å². The van der Waals surface area contributed by atoms with E-state index in [0.29, 0.717) is 0 Å². The summed E-state index contributed by atoms with van der Waals surface area (Å²) in [6.45, 7) is 4.81. The molecule has 0 aliphatic carbocycles. The number of carbonyl (C=O) groups excluding carboxylic acids is 3. The molecule has 2 rings (SSSR count). The minimum Gasteiger partial charge on any atom is -0.456 e. The molecule has 2 aliphatic rings. The minimum absolute atomic E-state index is 0.233. The lowest BCUT2D eigenvalue weighted by Gasteiger charge is -2.46. The summed E-state index contributed by atoms with van der Waals surface area (Å²) in [6.07, 6.45) is 0. The van der Waals surface area contributed by atoms with Crippen molar-refractivity contribution in [2.75, 3.05) is 6.61 Å². The standard InChI is InChI=1S/C11H13ClINO4S/c1-5(15)4-18-7(16)6-10(2,3)19-9-11(12,13)8(17)14(6)9/h6,9H,4H2,1-3H3/t6-,9+,11+/m0/s1. The Balaban J connectivity index is 2.18. The summed E-state index contributed by atoms with van der Waals surface area (Å²) in [6, 6.07) is -0.698. The molecule has 8 heteroatoms. The number of hydrogen-bond acceptors (Lipinski definition) is 5. The zero-order chi connectivity index (χ0) is 14.6. The van der Waals surface area contributed by atoms with Crippen LogP contribution in [-0.2, 0) is 19.1 Å². The van der Waals surface area contributed by atoms with E-state index in [2.05, 4.69) is 0 Å². The Kier molecular flexibility index (Phi) is 3.86. The van der Waals surface area contributed by atoms with Crippen molar-refractivity contribution in [3.63, 3.8) is 0 Å². The first-order chi connectivity index (χ1) is 8.59. The van der Waals surface area contributed by atoms with Crippen LogP contribution in [0.3, 0.4) is 0 Å². The van der Waals surface area contributed by atoms with Crippen molar-refractivity contribution in [3.05, 3.63) is 0 Å². The second-order valence-corrected chi connectivity index (χ2v) is 9.79. The second kappa shape index (κ2) is 4.77. The van der Waals surface area contributed by atoms with Crippen LogP contribution in [0.15, 0.2) is 0 Å². The maximum absolute atomic E-state index is 12.1. The number of halogens is 2. The van der Waals surface area contributed by atoms with E-state index in [1.807, 2.05) is 36.4 Å². The van der Waals surface area contributed by atoms with Crippen LogP contribution in [0, 0.1) is 0 Å². The lowest BCUT2D eigenvalue weighted by molar-refractivity contribution is -0.162. The van der Waals surface area contributed by atoms with Gasteiger partial charge in [0.15, 0.2) is 5.78 Å². The SMILES string of the molecule is CC(=O)COC(=O)[C@@H]1N2C(=O)[C@@](Cl)(I)[C@H]2SC1(C)C. The van der Waals surface area contributed by atoms with Crippen molar-refractivity contribution in [3.8, 4) is 0 Å². The molecule has 0 aromatic carbocycles. The monoisotopic (exact) mass is 417 g/mol. The van der Waals surface area contributed by atoms with Crippen LogP contribution in [-0.4, -0.2) is 48.2 Å². The van der Waals surface area contributed by atoms with Crippen LogP contribution < -0.4 is 0 Å². The molecule has 0 saturated carbocycles. The van der Waals surface area contributed by atoms with Crippen LogP contribution in [0.4, 0.5) is 0 Å². The molecule has 0 aromatic rings. The number of fused-ring (bicyclic) bond motifs is 1. The Morgan fingerprint density at radius 3 is 2.63 bits per heavy atom. The molecule has 2 heterocycles. The van der Waals surface area contributed by atoms with E-state index in [1.165, 1.54) is 23.6 Å². The third-order valence-electron chi connectivity index (χ3n) is 3.08. The fraction of sp³-hybridized carbons (Fsp3) is 0.727. The molecule has 19 heavy (non-hydrogen) atoms. The maximum atomic E-state index is 12.1. The highest BCUT2D eigenvalue weighted by atomic mass is 127. The number of carbonyl (C=O) groups is 3. The summed E-state index contributed by atoms with van der Waals surface area (Å²) in [5, 5.41) is -0.243. The Morgan fingerprint density at radius 1 is 1.53 bits per heavy atom. The van der Waals surface area contributed by atoms with Gasteiger partial charge in [-0.05, 0) is 43.4 Å². The summed E-state index contributed by atoms with van der Waals surface area (Å²) in [5.74, 6) is -1.06. The summed E-state index contributed by atoms with van der Waals surface area (Å²) < 4.78 is 3.47. The molecule has 3 atom stereocenters. The van der Waals surface area contributed by atoms with Crippen molar-refractivity contribution in [1.29, 1.82) is 0 Å². The van der Waals surface area contributed by atoms with Gasteiger partial charge in [-0.1, -0.05) is 11.6 Å². The van der Waals surface area contributed by atoms with Gasteiger partial charge in [-0.25, -0.2) is 4.79 Å². The molecule has 0 bridgehead atoms. The second-order valence-electron chi connectivity index (χ2n) is 5.12. The number of ketones is 1. The van der Waals surface area contributed by atoms with Gasteiger partial charge in [-0.3, -0.25) is 9.59 Å². The number of hydrogen-bond donors (Lipinski definition) is 0. The lowest BCUT2D eigenvalue weighted by Crippen LogP contribution is -2.68. The van der Waals surface area contributed by atoms with Crippen LogP contribution in [0.1, 0.15) is 20.8 Å². The summed E-state index contributed by atoms with van der Waals surface area (Å²) >= 11 is 9.53. The van der Waals surface area contributed by atoms with Gasteiger partial charge in [0, 0.05) is 4.75 Å². The predicted octanol–water partition coefficient (Wildman–Crippen LogP) is 1.55. The van der Waals surface area contributed by atoms with E-state index in [0.717, 1.165) is 0 Å². The van der Waals surface area contributed by atoms with Gasteiger partial charge in [0.1, 0.15) is 18.0 Å². The van der Waals surface area contributed by atoms with Crippen LogP contribution in [0.2, 0.25) is 0 Å². The van der Waals surface area contributed by atoms with Gasteiger partial charge in [0.05, 0.1) is 0 Å². The molecule has 2 saturated heterocycles. The third kappa shape index (κ3) is 2.37. The summed E-state index contributed by atoms with van der Waals surface area (Å²) in [7, 11) is 0. The molecule has 0 aromatic heterocycles. The van der Waals surface area contributed by atoms with Gasteiger partial charge in [-0.15, -0.1) is 11.8 Å². The topological polar surface area (TPSA) is 63.7 Å². The van der Waals surface area contributed by atoms with E-state index < -0.39 is 19.6 Å². The number of β-lactam (4-membered cyclic amide) rings is 1. The molecule has 1 amide bonds. The number of nitrogens with zero attached hydrogens (tertiary/aromatic N) is 1. The van der Waals surface area contributed by atoms with Crippen molar-refractivity contribution in [2.24, 2.45) is 0 Å². The highest BCUT2D eigenvalue weighted by Crippen LogP contribution is 2.59. The quantitative estimate of drug-likeness (QED) is 0.302. The third-order valence-corrected chi connectivity index (χ3v) is 6.68. The molecule has 2 fully saturated rings. The number of rotatable bonds is 3. The molecule has 0 unspecified atom stereocenters. The number of thioether (sulfide) groups is 1. The van der Waals surface area contributed by atoms with Gasteiger partial charge in [0.2, 0.25) is 2.88 Å². The van der Waals surface area contributed by atoms with Crippen LogP contribution in [0.25, 0.3) is 0 Å². The van der Waals surface area contributed by atoms with Gasteiger partial charge < -0.3 is 9.64 Å². The Morgan fingerprint density at radius 2 is 2.11 bits per heavy atom. The highest BCUT2D eigenvalue weighted by molar-refractivity contribution is 14.1. The Bertz CT molecular complexity index is 468. The normalized spacial score (nSPS) is 35.6. The average Bonchev–Trinajstić information content (AvgIpc) is 2.56. The van der Waals surface area contributed by atoms with Crippen molar-refractivity contribution in [1.82, 2.24) is 4.90 Å². The molecule has 0 N–H and O–H groups in total. The fourth-order valence-corrected chi connectivity index (χ4v) is 5.00. The molecule has 5 nitrogen and oxygen atoms in total. The molecule has 106 valence electrons. The zero-order valence-electron chi connectivity index (χ0n) is 10.6. The number of alkyl halides is 2. The average molecular weight is 418 g/mol. The smallest absolute Gasteiger partial charge is 0.330 e. The van der Waals surface area contributed by atoms with E-state index in [1.54, 1.807) is 0 Å². The first kappa shape index (κ1) is 15.4. The number of Topliss-reactive ketones (excluding diaryl/α,β-unsaturated/α-hetero) is 1. The lowest BCUT2D eigenvalue weighted by atomic mass is 9.98. The molecule has 2 aliphatic heterocycles. The largest absolute Gasteiger partial charge is 0.456 e. The fourth-order valence-electron chi connectivity index (χ4n) is 2.21. The predicted molar refractivity (Wildman–Crippen MR) is 80.3 cm³/mol. The molecule has 0 radical (unpaired) electrons. The van der Waals surface area contributed by atoms with Crippen LogP contribution in [0.5, 0.6) is 0 Å². The molecular weight excluding hydrogens is 405 g/mol. The molecular formula is C11H13ClINO4S. The van der Waals surface area contributed by atoms with E-state index in [4.69, 9.17) is 16.3 Å². The first-order valence-electron chi connectivity index (χ1n) is 5.63. The Labute approximate surface area is 133 Å². The summed E-state index contributed by atoms with van der Waals surface area (Å²) in [5.41, 5.74) is 0. The van der Waals surface area contributed by atoms with E-state index >= 15 is 0 Å². The minimum atomic E-state index is -0.991. The highest BCUT2D eigenvalue weighted by Gasteiger charge is 2.70. The van der Waals surface area contributed by atoms with Crippen molar-refractivity contribution in [2.45, 2.75) is 39.8 Å². The van der Waals surface area contributed by atoms with E-state index in [-0.39, 0.29) is 23.7 Å². The number of amides is 1. The van der Waals surface area contributed by atoms with Gasteiger partial charge >= 0.3 is 5.97 Å². The summed E-state index contributed by atoms with van der Waals surface area (Å²) in [4.78, 5) is 36.4. The van der Waals surface area contributed by atoms with Crippen molar-refractivity contribution >= 4 is 63.6 Å². The zero-order valence-corrected chi connectivity index (χ0v) is 14.3. The molecule has 0 spiro atoms. The van der Waals surface area contributed by atoms with Crippen LogP contribution >= 0.6 is 46.0 Å². The van der Waals surface area contributed by atoms with Gasteiger partial charge in [0.25, 0.3) is 5.91 Å². The van der Waals surface area contributed by atoms with E-state index in [9.17, 15) is 14.4 Å². The number of esters is 1. The van der Waals surface area contributed by atoms with Gasteiger partial charge in [-0.2, -0.15) is 0 Å². The maximum Gasteiger partial charge on any atom is 0.330 e. The Hall–Kier alpha value is -0.0200.